The zero-order valence-corrected chi connectivity index (χ0v) is 12.8. The van der Waals surface area contributed by atoms with Gasteiger partial charge in [0.25, 0.3) is 0 Å². The number of furan rings is 1. The standard InChI is InChI=1S/C19H14O4/c1-21-15-9-6-11(10-17(15)22-2)19-13-7-8-14(20)12-4-3-5-16(23-19)18(12)13/h3-10H,1-2H3. The molecule has 4 rings (SSSR count). The zero-order valence-electron chi connectivity index (χ0n) is 12.8. The molecule has 23 heavy (non-hydrogen) atoms. The molecular formula is C19H14O4. The van der Waals surface area contributed by atoms with E-state index in [0.29, 0.717) is 22.6 Å². The minimum Gasteiger partial charge on any atom is -0.493 e. The Morgan fingerprint density at radius 1 is 0.957 bits per heavy atom. The topological polar surface area (TPSA) is 48.7 Å². The summed E-state index contributed by atoms with van der Waals surface area (Å²) in [7, 11) is 3.20. The average Bonchev–Trinajstić information content (AvgIpc) is 2.97. The number of benzene rings is 2. The van der Waals surface area contributed by atoms with E-state index >= 15 is 0 Å². The number of carbonyl (C=O) groups is 1. The molecule has 0 N–H and O–H groups in total. The van der Waals surface area contributed by atoms with Crippen molar-refractivity contribution in [3.63, 3.8) is 0 Å². The number of rotatable bonds is 3. The van der Waals surface area contributed by atoms with Crippen LogP contribution in [-0.2, 0) is 0 Å². The maximum atomic E-state index is 12.0. The molecule has 1 aliphatic rings. The van der Waals surface area contributed by atoms with Gasteiger partial charge < -0.3 is 13.9 Å². The molecule has 0 unspecified atom stereocenters. The average molecular weight is 306 g/mol. The van der Waals surface area contributed by atoms with Gasteiger partial charge in [-0.25, -0.2) is 0 Å². The fourth-order valence-corrected chi connectivity index (χ4v) is 2.98. The van der Waals surface area contributed by atoms with Gasteiger partial charge in [0.15, 0.2) is 17.3 Å². The molecule has 0 fully saturated rings. The molecule has 1 heterocycles. The van der Waals surface area contributed by atoms with Crippen LogP contribution in [0.4, 0.5) is 0 Å². The normalized spacial score (nSPS) is 12.7. The number of methoxy groups -OCH3 is 2. The van der Waals surface area contributed by atoms with Crippen LogP contribution in [0.1, 0.15) is 15.9 Å². The molecule has 0 spiro atoms. The van der Waals surface area contributed by atoms with Crippen molar-refractivity contribution >= 4 is 22.8 Å². The second kappa shape index (κ2) is 5.02. The van der Waals surface area contributed by atoms with Crippen molar-refractivity contribution < 1.29 is 18.7 Å². The number of hydrogen-bond acceptors (Lipinski definition) is 4. The molecule has 0 bridgehead atoms. The highest BCUT2D eigenvalue weighted by molar-refractivity contribution is 6.20. The fraction of sp³-hybridized carbons (Fsp3) is 0.105. The summed E-state index contributed by atoms with van der Waals surface area (Å²) in [5, 5.41) is 0.866. The summed E-state index contributed by atoms with van der Waals surface area (Å²) >= 11 is 0. The van der Waals surface area contributed by atoms with Crippen LogP contribution in [-0.4, -0.2) is 20.0 Å². The highest BCUT2D eigenvalue weighted by Gasteiger charge is 2.23. The van der Waals surface area contributed by atoms with Gasteiger partial charge in [-0.05, 0) is 36.4 Å². The minimum atomic E-state index is 0.00256. The predicted octanol–water partition coefficient (Wildman–Crippen LogP) is 4.33. The lowest BCUT2D eigenvalue weighted by atomic mass is 9.94. The fourth-order valence-electron chi connectivity index (χ4n) is 2.98. The Balaban J connectivity index is 1.98. The van der Waals surface area contributed by atoms with Crippen molar-refractivity contribution in [2.24, 2.45) is 0 Å². The van der Waals surface area contributed by atoms with Crippen molar-refractivity contribution in [1.29, 1.82) is 0 Å². The number of hydrogen-bond donors (Lipinski definition) is 0. The molecule has 1 aromatic heterocycles. The van der Waals surface area contributed by atoms with Crippen LogP contribution in [0.3, 0.4) is 0 Å². The van der Waals surface area contributed by atoms with E-state index < -0.39 is 0 Å². The number of allylic oxidation sites excluding steroid dienone is 1. The van der Waals surface area contributed by atoms with Gasteiger partial charge in [-0.1, -0.05) is 12.1 Å². The molecule has 0 saturated heterocycles. The Morgan fingerprint density at radius 3 is 2.57 bits per heavy atom. The van der Waals surface area contributed by atoms with E-state index in [4.69, 9.17) is 13.9 Å². The Kier molecular flexibility index (Phi) is 2.98. The highest BCUT2D eigenvalue weighted by Crippen LogP contribution is 2.41. The van der Waals surface area contributed by atoms with Crippen LogP contribution >= 0.6 is 0 Å². The molecular weight excluding hydrogens is 292 g/mol. The number of ketones is 1. The summed E-state index contributed by atoms with van der Waals surface area (Å²) in [5.41, 5.74) is 3.18. The van der Waals surface area contributed by atoms with Crippen LogP contribution in [0, 0.1) is 0 Å². The van der Waals surface area contributed by atoms with Gasteiger partial charge in [0.1, 0.15) is 11.3 Å². The smallest absolute Gasteiger partial charge is 0.186 e. The monoisotopic (exact) mass is 306 g/mol. The second-order valence-corrected chi connectivity index (χ2v) is 5.29. The van der Waals surface area contributed by atoms with Crippen LogP contribution in [0.2, 0.25) is 0 Å². The number of ether oxygens (including phenoxy) is 2. The predicted molar refractivity (Wildman–Crippen MR) is 88.1 cm³/mol. The molecule has 4 nitrogen and oxygen atoms in total. The lowest BCUT2D eigenvalue weighted by molar-refractivity contribution is 0.104. The van der Waals surface area contributed by atoms with E-state index in [2.05, 4.69) is 0 Å². The first kappa shape index (κ1) is 13.6. The van der Waals surface area contributed by atoms with Crippen molar-refractivity contribution in [3.05, 3.63) is 53.6 Å². The van der Waals surface area contributed by atoms with Crippen molar-refractivity contribution in [2.75, 3.05) is 14.2 Å². The summed E-state index contributed by atoms with van der Waals surface area (Å²) in [6, 6.07) is 11.2. The van der Waals surface area contributed by atoms with E-state index in [9.17, 15) is 4.79 Å². The van der Waals surface area contributed by atoms with E-state index in [-0.39, 0.29) is 5.78 Å². The van der Waals surface area contributed by atoms with Crippen molar-refractivity contribution in [3.8, 4) is 22.8 Å². The zero-order chi connectivity index (χ0) is 16.0. The van der Waals surface area contributed by atoms with Gasteiger partial charge in [0.05, 0.1) is 14.2 Å². The quantitative estimate of drug-likeness (QED) is 0.723. The molecule has 0 aliphatic heterocycles. The van der Waals surface area contributed by atoms with E-state index in [0.717, 1.165) is 22.3 Å². The summed E-state index contributed by atoms with van der Waals surface area (Å²) < 4.78 is 16.7. The molecule has 2 aromatic carbocycles. The van der Waals surface area contributed by atoms with Gasteiger partial charge >= 0.3 is 0 Å². The first-order valence-corrected chi connectivity index (χ1v) is 7.23. The van der Waals surface area contributed by atoms with Crippen molar-refractivity contribution in [1.82, 2.24) is 0 Å². The summed E-state index contributed by atoms with van der Waals surface area (Å²) in [5.74, 6) is 2.01. The maximum Gasteiger partial charge on any atom is 0.186 e. The third-order valence-electron chi connectivity index (χ3n) is 4.06. The largest absolute Gasteiger partial charge is 0.493 e. The lowest BCUT2D eigenvalue weighted by Gasteiger charge is -2.09. The molecule has 0 saturated carbocycles. The molecule has 0 radical (unpaired) electrons. The highest BCUT2D eigenvalue weighted by atomic mass is 16.5. The third-order valence-corrected chi connectivity index (χ3v) is 4.06. The molecule has 1 aliphatic carbocycles. The minimum absolute atomic E-state index is 0.00256. The van der Waals surface area contributed by atoms with Gasteiger partial charge in [0.2, 0.25) is 0 Å². The summed E-state index contributed by atoms with van der Waals surface area (Å²) in [6.07, 6.45) is 3.39. The van der Waals surface area contributed by atoms with Crippen LogP contribution < -0.4 is 9.47 Å². The van der Waals surface area contributed by atoms with Gasteiger partial charge in [-0.15, -0.1) is 0 Å². The van der Waals surface area contributed by atoms with E-state index in [1.54, 1.807) is 20.3 Å². The van der Waals surface area contributed by atoms with E-state index in [1.165, 1.54) is 0 Å². The summed E-state index contributed by atoms with van der Waals surface area (Å²) in [4.78, 5) is 12.0. The third kappa shape index (κ3) is 1.95. The van der Waals surface area contributed by atoms with Crippen LogP contribution in [0.5, 0.6) is 11.5 Å². The van der Waals surface area contributed by atoms with Gasteiger partial charge in [0, 0.05) is 22.1 Å². The van der Waals surface area contributed by atoms with Gasteiger partial charge in [-0.3, -0.25) is 4.79 Å². The maximum absolute atomic E-state index is 12.0. The second-order valence-electron chi connectivity index (χ2n) is 5.29. The van der Waals surface area contributed by atoms with E-state index in [1.807, 2.05) is 42.5 Å². The lowest BCUT2D eigenvalue weighted by Crippen LogP contribution is -1.99. The Morgan fingerprint density at radius 2 is 1.78 bits per heavy atom. The molecule has 4 heteroatoms. The summed E-state index contributed by atoms with van der Waals surface area (Å²) in [6.45, 7) is 0. The first-order valence-electron chi connectivity index (χ1n) is 7.23. The first-order chi connectivity index (χ1) is 11.2. The number of carbonyl (C=O) groups excluding carboxylic acids is 1. The Bertz CT molecular complexity index is 963. The van der Waals surface area contributed by atoms with Crippen molar-refractivity contribution in [2.45, 2.75) is 0 Å². The Hall–Kier alpha value is -3.01. The molecule has 0 atom stereocenters. The molecule has 3 aromatic rings. The van der Waals surface area contributed by atoms with Crippen LogP contribution in [0.15, 0.2) is 46.9 Å². The van der Waals surface area contributed by atoms with Crippen LogP contribution in [0.25, 0.3) is 28.4 Å². The molecule has 0 amide bonds. The SMILES string of the molecule is COc1ccc(-c2oc3cccc4c3c2C=CC4=O)cc1OC. The molecule has 114 valence electrons. The Labute approximate surface area is 132 Å². The van der Waals surface area contributed by atoms with Gasteiger partial charge in [-0.2, -0.15) is 0 Å².